The molecular weight excluding hydrogens is 256 g/mol. The van der Waals surface area contributed by atoms with E-state index >= 15 is 0 Å². The van der Waals surface area contributed by atoms with Crippen LogP contribution < -0.4 is 16.0 Å². The van der Waals surface area contributed by atoms with E-state index in [4.69, 9.17) is 10.6 Å². The van der Waals surface area contributed by atoms with Gasteiger partial charge in [-0.25, -0.2) is 0 Å². The summed E-state index contributed by atoms with van der Waals surface area (Å²) >= 11 is 1.85. The second kappa shape index (κ2) is 6.16. The minimum Gasteiger partial charge on any atom is -0.487 e. The van der Waals surface area contributed by atoms with Crippen molar-refractivity contribution in [3.05, 3.63) is 24.3 Å². The second-order valence-electron chi connectivity index (χ2n) is 6.29. The van der Waals surface area contributed by atoms with E-state index < -0.39 is 0 Å². The van der Waals surface area contributed by atoms with Crippen molar-refractivity contribution in [2.45, 2.75) is 50.7 Å². The Kier molecular flexibility index (Phi) is 4.76. The van der Waals surface area contributed by atoms with Gasteiger partial charge in [0.25, 0.3) is 0 Å². The normalized spacial score (nSPS) is 20.5. The van der Waals surface area contributed by atoms with Gasteiger partial charge in [0.2, 0.25) is 0 Å². The van der Waals surface area contributed by atoms with Gasteiger partial charge in [0.05, 0.1) is 6.04 Å². The van der Waals surface area contributed by atoms with E-state index in [2.05, 4.69) is 32.3 Å². The molecule has 106 valence electrons. The van der Waals surface area contributed by atoms with Gasteiger partial charge in [-0.05, 0) is 30.4 Å². The number of hydrogen-bond acceptors (Lipinski definition) is 4. The molecule has 0 radical (unpaired) electrons. The number of rotatable bonds is 4. The second-order valence-corrected chi connectivity index (χ2v) is 7.35. The van der Waals surface area contributed by atoms with Crippen LogP contribution in [0.2, 0.25) is 0 Å². The fourth-order valence-electron chi connectivity index (χ4n) is 2.20. The van der Waals surface area contributed by atoms with E-state index in [1.807, 2.05) is 30.0 Å². The SMILES string of the molecule is CC(C)(C)CCC(NN)C1CSc2ccccc2O1. The van der Waals surface area contributed by atoms with Crippen LogP contribution in [-0.2, 0) is 0 Å². The van der Waals surface area contributed by atoms with Crippen LogP contribution in [0.3, 0.4) is 0 Å². The molecule has 0 aliphatic carbocycles. The average Bonchev–Trinajstić information content (AvgIpc) is 2.38. The molecule has 3 N–H and O–H groups in total. The maximum absolute atomic E-state index is 6.09. The summed E-state index contributed by atoms with van der Waals surface area (Å²) in [6, 6.07) is 8.41. The average molecular weight is 280 g/mol. The van der Waals surface area contributed by atoms with Gasteiger partial charge in [-0.15, -0.1) is 11.8 Å². The topological polar surface area (TPSA) is 47.3 Å². The fraction of sp³-hybridized carbons (Fsp3) is 0.600. The summed E-state index contributed by atoms with van der Waals surface area (Å²) < 4.78 is 6.09. The summed E-state index contributed by atoms with van der Waals surface area (Å²) in [5, 5.41) is 0. The molecule has 1 aromatic carbocycles. The van der Waals surface area contributed by atoms with E-state index in [-0.39, 0.29) is 12.1 Å². The maximum atomic E-state index is 6.09. The Hall–Kier alpha value is -0.710. The zero-order valence-corrected chi connectivity index (χ0v) is 12.8. The molecule has 1 aromatic rings. The predicted octanol–water partition coefficient (Wildman–Crippen LogP) is 3.20. The van der Waals surface area contributed by atoms with Gasteiger partial charge in [0.15, 0.2) is 0 Å². The Bertz CT molecular complexity index is 417. The molecule has 3 nitrogen and oxygen atoms in total. The Morgan fingerprint density at radius 1 is 1.42 bits per heavy atom. The summed E-state index contributed by atoms with van der Waals surface area (Å²) in [7, 11) is 0. The third-order valence-electron chi connectivity index (χ3n) is 3.40. The number of fused-ring (bicyclic) bond motifs is 1. The molecular formula is C15H24N2OS. The number of hydrazine groups is 1. The summed E-state index contributed by atoms with van der Waals surface area (Å²) in [5.74, 6) is 7.65. The number of nitrogens with two attached hydrogens (primary N) is 1. The van der Waals surface area contributed by atoms with Crippen LogP contribution in [0.15, 0.2) is 29.2 Å². The van der Waals surface area contributed by atoms with Crippen molar-refractivity contribution in [1.29, 1.82) is 0 Å². The molecule has 0 bridgehead atoms. The first-order valence-corrected chi connectivity index (χ1v) is 7.83. The summed E-state index contributed by atoms with van der Waals surface area (Å²) in [6.07, 6.45) is 2.31. The van der Waals surface area contributed by atoms with Crippen molar-refractivity contribution in [3.8, 4) is 5.75 Å². The van der Waals surface area contributed by atoms with Crippen molar-refractivity contribution in [3.63, 3.8) is 0 Å². The zero-order valence-electron chi connectivity index (χ0n) is 12.0. The van der Waals surface area contributed by atoms with Crippen molar-refractivity contribution in [2.75, 3.05) is 5.75 Å². The van der Waals surface area contributed by atoms with Crippen molar-refractivity contribution >= 4 is 11.8 Å². The highest BCUT2D eigenvalue weighted by molar-refractivity contribution is 7.99. The minimum absolute atomic E-state index is 0.146. The number of ether oxygens (including phenoxy) is 1. The Balaban J connectivity index is 1.98. The number of nitrogens with one attached hydrogen (secondary N) is 1. The van der Waals surface area contributed by atoms with E-state index in [1.54, 1.807) is 0 Å². The highest BCUT2D eigenvalue weighted by Crippen LogP contribution is 2.36. The van der Waals surface area contributed by atoms with Crippen LogP contribution in [0.4, 0.5) is 0 Å². The van der Waals surface area contributed by atoms with Gasteiger partial charge in [0.1, 0.15) is 11.9 Å². The first-order chi connectivity index (χ1) is 8.99. The van der Waals surface area contributed by atoms with Crippen LogP contribution in [0.1, 0.15) is 33.6 Å². The van der Waals surface area contributed by atoms with Crippen molar-refractivity contribution in [1.82, 2.24) is 5.43 Å². The molecule has 4 heteroatoms. The molecule has 2 rings (SSSR count). The van der Waals surface area contributed by atoms with Crippen LogP contribution in [0, 0.1) is 5.41 Å². The lowest BCUT2D eigenvalue weighted by atomic mass is 9.88. The molecule has 2 unspecified atom stereocenters. The third kappa shape index (κ3) is 4.13. The summed E-state index contributed by atoms with van der Waals surface area (Å²) in [5.41, 5.74) is 3.27. The van der Waals surface area contributed by atoms with E-state index in [0.717, 1.165) is 24.3 Å². The maximum Gasteiger partial charge on any atom is 0.133 e. The highest BCUT2D eigenvalue weighted by Gasteiger charge is 2.28. The molecule has 0 saturated carbocycles. The van der Waals surface area contributed by atoms with Crippen LogP contribution >= 0.6 is 11.8 Å². The fourth-order valence-corrected chi connectivity index (χ4v) is 3.28. The Morgan fingerprint density at radius 2 is 2.16 bits per heavy atom. The molecule has 1 aliphatic heterocycles. The summed E-state index contributed by atoms with van der Waals surface area (Å²) in [6.45, 7) is 6.77. The van der Waals surface area contributed by atoms with Gasteiger partial charge in [0, 0.05) is 10.6 Å². The van der Waals surface area contributed by atoms with E-state index in [1.165, 1.54) is 4.90 Å². The molecule has 0 fully saturated rings. The Morgan fingerprint density at radius 3 is 2.84 bits per heavy atom. The quantitative estimate of drug-likeness (QED) is 0.657. The van der Waals surface area contributed by atoms with E-state index in [0.29, 0.717) is 5.41 Å². The molecule has 2 atom stereocenters. The van der Waals surface area contributed by atoms with Crippen molar-refractivity contribution in [2.24, 2.45) is 11.3 Å². The monoisotopic (exact) mass is 280 g/mol. The van der Waals surface area contributed by atoms with Crippen LogP contribution in [-0.4, -0.2) is 17.9 Å². The molecule has 0 saturated heterocycles. The molecule has 0 amide bonds. The van der Waals surface area contributed by atoms with Gasteiger partial charge < -0.3 is 4.74 Å². The van der Waals surface area contributed by atoms with Crippen molar-refractivity contribution < 1.29 is 4.74 Å². The number of para-hydroxylation sites is 1. The molecule has 0 aromatic heterocycles. The molecule has 1 heterocycles. The van der Waals surface area contributed by atoms with Gasteiger partial charge in [-0.2, -0.15) is 0 Å². The predicted molar refractivity (Wildman–Crippen MR) is 81.4 cm³/mol. The van der Waals surface area contributed by atoms with E-state index in [9.17, 15) is 0 Å². The molecule has 1 aliphatic rings. The van der Waals surface area contributed by atoms with Gasteiger partial charge >= 0.3 is 0 Å². The van der Waals surface area contributed by atoms with Crippen LogP contribution in [0.25, 0.3) is 0 Å². The lowest BCUT2D eigenvalue weighted by Crippen LogP contribution is -2.49. The standard InChI is InChI=1S/C15H24N2OS/c1-15(2,3)9-8-11(17-16)13-10-19-14-7-5-4-6-12(14)18-13/h4-7,11,13,17H,8-10,16H2,1-3H3. The molecule has 0 spiro atoms. The highest BCUT2D eigenvalue weighted by atomic mass is 32.2. The first-order valence-electron chi connectivity index (χ1n) is 6.84. The Labute approximate surface area is 120 Å². The number of benzene rings is 1. The van der Waals surface area contributed by atoms with Crippen LogP contribution in [0.5, 0.6) is 5.75 Å². The largest absolute Gasteiger partial charge is 0.487 e. The smallest absolute Gasteiger partial charge is 0.133 e. The molecule has 19 heavy (non-hydrogen) atoms. The lowest BCUT2D eigenvalue weighted by Gasteiger charge is -2.32. The zero-order chi connectivity index (χ0) is 13.9. The van der Waals surface area contributed by atoms with Gasteiger partial charge in [-0.3, -0.25) is 11.3 Å². The van der Waals surface area contributed by atoms with Gasteiger partial charge in [-0.1, -0.05) is 32.9 Å². The number of thioether (sulfide) groups is 1. The minimum atomic E-state index is 0.146. The lowest BCUT2D eigenvalue weighted by molar-refractivity contribution is 0.151. The summed E-state index contributed by atoms with van der Waals surface area (Å²) in [4.78, 5) is 1.23. The first kappa shape index (κ1) is 14.7. The third-order valence-corrected chi connectivity index (χ3v) is 4.54. The number of hydrogen-bond donors (Lipinski definition) is 2.